The molecule has 0 N–H and O–H groups in total. The third-order valence-electron chi connectivity index (χ3n) is 2.68. The zero-order valence-corrected chi connectivity index (χ0v) is 9.79. The van der Waals surface area contributed by atoms with E-state index in [1.807, 2.05) is 0 Å². The predicted octanol–water partition coefficient (Wildman–Crippen LogP) is 4.16. The standard InChI is InChI=1S/C15H20/c1-4-5-6-7-8-14-9-11-15(12-10-14)13(2)3/h1,9-13H,5-8H2,2-3H3. The zero-order chi connectivity index (χ0) is 11.1. The summed E-state index contributed by atoms with van der Waals surface area (Å²) in [5.74, 6) is 3.30. The summed E-state index contributed by atoms with van der Waals surface area (Å²) in [6, 6.07) is 8.96. The molecule has 80 valence electrons. The molecule has 15 heavy (non-hydrogen) atoms. The molecular formula is C15H20. The van der Waals surface area contributed by atoms with Gasteiger partial charge in [0.1, 0.15) is 0 Å². The molecule has 0 bridgehead atoms. The van der Waals surface area contributed by atoms with Crippen LogP contribution in [0.1, 0.15) is 50.2 Å². The molecule has 0 aromatic heterocycles. The lowest BCUT2D eigenvalue weighted by atomic mass is 10.00. The van der Waals surface area contributed by atoms with Crippen molar-refractivity contribution in [2.75, 3.05) is 0 Å². The average molecular weight is 200 g/mol. The number of benzene rings is 1. The maximum atomic E-state index is 5.21. The van der Waals surface area contributed by atoms with Crippen LogP contribution in [0.4, 0.5) is 0 Å². The summed E-state index contributed by atoms with van der Waals surface area (Å²) in [4.78, 5) is 0. The summed E-state index contributed by atoms with van der Waals surface area (Å²) in [5.41, 5.74) is 2.85. The first-order valence-corrected chi connectivity index (χ1v) is 5.76. The molecule has 0 aliphatic carbocycles. The molecule has 0 saturated carbocycles. The Bertz CT molecular complexity index is 311. The van der Waals surface area contributed by atoms with Crippen LogP contribution in [0.3, 0.4) is 0 Å². The van der Waals surface area contributed by atoms with Gasteiger partial charge in [-0.25, -0.2) is 0 Å². The Balaban J connectivity index is 2.40. The topological polar surface area (TPSA) is 0 Å². The van der Waals surface area contributed by atoms with Gasteiger partial charge in [0.15, 0.2) is 0 Å². The van der Waals surface area contributed by atoms with Gasteiger partial charge in [0.05, 0.1) is 0 Å². The van der Waals surface area contributed by atoms with Gasteiger partial charge in [-0.15, -0.1) is 12.3 Å². The largest absolute Gasteiger partial charge is 0.120 e. The SMILES string of the molecule is C#CCCCCc1ccc(C(C)C)cc1. The maximum absolute atomic E-state index is 5.21. The van der Waals surface area contributed by atoms with E-state index in [1.54, 1.807) is 0 Å². The monoisotopic (exact) mass is 200 g/mol. The second-order valence-electron chi connectivity index (χ2n) is 4.31. The van der Waals surface area contributed by atoms with Gasteiger partial charge in [-0.3, -0.25) is 0 Å². The minimum absolute atomic E-state index is 0.625. The first-order chi connectivity index (χ1) is 7.24. The Morgan fingerprint density at radius 2 is 1.80 bits per heavy atom. The van der Waals surface area contributed by atoms with Crippen molar-refractivity contribution in [2.45, 2.75) is 45.4 Å². The van der Waals surface area contributed by atoms with Gasteiger partial charge in [-0.1, -0.05) is 38.1 Å². The van der Waals surface area contributed by atoms with Crippen LogP contribution >= 0.6 is 0 Å². The van der Waals surface area contributed by atoms with Crippen molar-refractivity contribution >= 4 is 0 Å². The highest BCUT2D eigenvalue weighted by Gasteiger charge is 1.98. The number of aryl methyl sites for hydroxylation is 1. The van der Waals surface area contributed by atoms with Gasteiger partial charge in [0, 0.05) is 6.42 Å². The van der Waals surface area contributed by atoms with Crippen LogP contribution in [-0.4, -0.2) is 0 Å². The van der Waals surface area contributed by atoms with Crippen LogP contribution in [0, 0.1) is 12.3 Å². The second kappa shape index (κ2) is 6.30. The zero-order valence-electron chi connectivity index (χ0n) is 9.79. The third-order valence-corrected chi connectivity index (χ3v) is 2.68. The van der Waals surface area contributed by atoms with E-state index in [2.05, 4.69) is 44.0 Å². The number of rotatable bonds is 5. The molecule has 0 fully saturated rings. The molecule has 0 aliphatic rings. The van der Waals surface area contributed by atoms with Crippen LogP contribution in [0.25, 0.3) is 0 Å². The summed E-state index contributed by atoms with van der Waals surface area (Å²) >= 11 is 0. The fourth-order valence-corrected chi connectivity index (χ4v) is 1.63. The molecule has 0 saturated heterocycles. The van der Waals surface area contributed by atoms with Gasteiger partial charge in [0.25, 0.3) is 0 Å². The molecular weight excluding hydrogens is 180 g/mol. The Labute approximate surface area is 93.7 Å². The van der Waals surface area contributed by atoms with Crippen molar-refractivity contribution in [3.8, 4) is 12.3 Å². The molecule has 0 spiro atoms. The highest BCUT2D eigenvalue weighted by Crippen LogP contribution is 2.15. The number of hydrogen-bond donors (Lipinski definition) is 0. The Kier molecular flexibility index (Phi) is 4.98. The first kappa shape index (κ1) is 11.9. The van der Waals surface area contributed by atoms with E-state index in [4.69, 9.17) is 6.42 Å². The molecule has 0 radical (unpaired) electrons. The number of unbranched alkanes of at least 4 members (excludes halogenated alkanes) is 2. The maximum Gasteiger partial charge on any atom is 0.00861 e. The summed E-state index contributed by atoms with van der Waals surface area (Å²) in [6.45, 7) is 4.45. The molecule has 0 heteroatoms. The van der Waals surface area contributed by atoms with Crippen molar-refractivity contribution in [3.05, 3.63) is 35.4 Å². The van der Waals surface area contributed by atoms with Gasteiger partial charge < -0.3 is 0 Å². The highest BCUT2D eigenvalue weighted by atomic mass is 14.0. The summed E-state index contributed by atoms with van der Waals surface area (Å²) in [5, 5.41) is 0. The van der Waals surface area contributed by atoms with E-state index in [0.29, 0.717) is 5.92 Å². The van der Waals surface area contributed by atoms with Crippen molar-refractivity contribution in [2.24, 2.45) is 0 Å². The van der Waals surface area contributed by atoms with Gasteiger partial charge >= 0.3 is 0 Å². The van der Waals surface area contributed by atoms with Crippen LogP contribution in [0.5, 0.6) is 0 Å². The van der Waals surface area contributed by atoms with Gasteiger partial charge in [0.2, 0.25) is 0 Å². The lowest BCUT2D eigenvalue weighted by Gasteiger charge is -2.06. The fraction of sp³-hybridized carbons (Fsp3) is 0.467. The van der Waals surface area contributed by atoms with E-state index in [-0.39, 0.29) is 0 Å². The van der Waals surface area contributed by atoms with Gasteiger partial charge in [-0.2, -0.15) is 0 Å². The molecule has 0 heterocycles. The molecule has 1 rings (SSSR count). The Hall–Kier alpha value is -1.22. The van der Waals surface area contributed by atoms with Crippen molar-refractivity contribution in [1.29, 1.82) is 0 Å². The Morgan fingerprint density at radius 3 is 2.33 bits per heavy atom. The number of hydrogen-bond acceptors (Lipinski definition) is 0. The smallest absolute Gasteiger partial charge is 0.00861 e. The molecule has 0 amide bonds. The molecule has 1 aromatic rings. The molecule has 0 atom stereocenters. The predicted molar refractivity (Wildman–Crippen MR) is 66.9 cm³/mol. The van der Waals surface area contributed by atoms with E-state index < -0.39 is 0 Å². The normalized spacial score (nSPS) is 10.3. The van der Waals surface area contributed by atoms with Crippen LogP contribution in [0.15, 0.2) is 24.3 Å². The third kappa shape index (κ3) is 4.21. The molecule has 1 aromatic carbocycles. The van der Waals surface area contributed by atoms with E-state index in [9.17, 15) is 0 Å². The van der Waals surface area contributed by atoms with Crippen molar-refractivity contribution in [3.63, 3.8) is 0 Å². The molecule has 0 nitrogen and oxygen atoms in total. The van der Waals surface area contributed by atoms with E-state index in [0.717, 1.165) is 19.3 Å². The summed E-state index contributed by atoms with van der Waals surface area (Å²) in [6.07, 6.45) is 9.61. The van der Waals surface area contributed by atoms with Gasteiger partial charge in [-0.05, 0) is 36.3 Å². The first-order valence-electron chi connectivity index (χ1n) is 5.76. The highest BCUT2D eigenvalue weighted by molar-refractivity contribution is 5.24. The second-order valence-corrected chi connectivity index (χ2v) is 4.31. The average Bonchev–Trinajstić information content (AvgIpc) is 2.25. The van der Waals surface area contributed by atoms with Crippen molar-refractivity contribution in [1.82, 2.24) is 0 Å². The Morgan fingerprint density at radius 1 is 1.13 bits per heavy atom. The summed E-state index contributed by atoms with van der Waals surface area (Å²) in [7, 11) is 0. The molecule has 0 unspecified atom stereocenters. The minimum Gasteiger partial charge on any atom is -0.120 e. The number of terminal acetylenes is 1. The lowest BCUT2D eigenvalue weighted by molar-refractivity contribution is 0.755. The van der Waals surface area contributed by atoms with E-state index in [1.165, 1.54) is 17.5 Å². The van der Waals surface area contributed by atoms with Crippen molar-refractivity contribution < 1.29 is 0 Å². The van der Waals surface area contributed by atoms with Crippen LogP contribution < -0.4 is 0 Å². The molecule has 0 aliphatic heterocycles. The minimum atomic E-state index is 0.625. The van der Waals surface area contributed by atoms with Crippen LogP contribution in [-0.2, 0) is 6.42 Å². The quantitative estimate of drug-likeness (QED) is 0.494. The lowest BCUT2D eigenvalue weighted by Crippen LogP contribution is -1.89. The summed E-state index contributed by atoms with van der Waals surface area (Å²) < 4.78 is 0. The van der Waals surface area contributed by atoms with E-state index >= 15 is 0 Å². The fourth-order valence-electron chi connectivity index (χ4n) is 1.63. The van der Waals surface area contributed by atoms with Crippen LogP contribution in [0.2, 0.25) is 0 Å².